The molecule has 0 saturated heterocycles. The molecule has 0 amide bonds. The summed E-state index contributed by atoms with van der Waals surface area (Å²) in [5.41, 5.74) is 9.82. The summed E-state index contributed by atoms with van der Waals surface area (Å²) in [6.45, 7) is 8.84. The Hall–Kier alpha value is -0.960. The van der Waals surface area contributed by atoms with Crippen LogP contribution in [0.25, 0.3) is 0 Å². The van der Waals surface area contributed by atoms with Crippen LogP contribution in [0.15, 0.2) is 6.07 Å². The van der Waals surface area contributed by atoms with Crippen LogP contribution in [0.5, 0.6) is 0 Å². The van der Waals surface area contributed by atoms with Crippen LogP contribution in [-0.4, -0.2) is 10.2 Å². The van der Waals surface area contributed by atoms with E-state index >= 15 is 0 Å². The van der Waals surface area contributed by atoms with E-state index in [1.807, 2.05) is 6.92 Å². The van der Waals surface area contributed by atoms with E-state index in [0.717, 1.165) is 29.6 Å². The van der Waals surface area contributed by atoms with Gasteiger partial charge in [0.1, 0.15) is 0 Å². The maximum atomic E-state index is 6.55. The molecule has 1 heterocycles. The SMILES string of the molecule is CCc1nnc(C)cc1C(N)C1CCC(C)C(C)C1. The molecule has 0 bridgehead atoms. The summed E-state index contributed by atoms with van der Waals surface area (Å²) < 4.78 is 0. The van der Waals surface area contributed by atoms with Gasteiger partial charge in [0.15, 0.2) is 0 Å². The van der Waals surface area contributed by atoms with E-state index in [-0.39, 0.29) is 6.04 Å². The molecule has 19 heavy (non-hydrogen) atoms. The fourth-order valence-corrected chi connectivity index (χ4v) is 3.27. The molecule has 2 N–H and O–H groups in total. The van der Waals surface area contributed by atoms with Gasteiger partial charge in [0.2, 0.25) is 0 Å². The first-order chi connectivity index (χ1) is 9.02. The lowest BCUT2D eigenvalue weighted by atomic mass is 9.72. The van der Waals surface area contributed by atoms with E-state index in [9.17, 15) is 0 Å². The van der Waals surface area contributed by atoms with Gasteiger partial charge in [-0.05, 0) is 55.6 Å². The molecule has 1 aliphatic carbocycles. The lowest BCUT2D eigenvalue weighted by molar-refractivity contribution is 0.185. The van der Waals surface area contributed by atoms with Gasteiger partial charge >= 0.3 is 0 Å². The second-order valence-electron chi connectivity index (χ2n) is 6.29. The third-order valence-electron chi connectivity index (χ3n) is 4.87. The lowest BCUT2D eigenvalue weighted by Crippen LogP contribution is -2.30. The van der Waals surface area contributed by atoms with Gasteiger partial charge in [0.05, 0.1) is 11.4 Å². The zero-order valence-corrected chi connectivity index (χ0v) is 12.7. The third-order valence-corrected chi connectivity index (χ3v) is 4.87. The topological polar surface area (TPSA) is 51.8 Å². The van der Waals surface area contributed by atoms with E-state index < -0.39 is 0 Å². The predicted octanol–water partition coefficient (Wildman–Crippen LogP) is 3.42. The van der Waals surface area contributed by atoms with E-state index in [2.05, 4.69) is 37.0 Å². The molecule has 0 radical (unpaired) electrons. The van der Waals surface area contributed by atoms with Crippen LogP contribution in [0.3, 0.4) is 0 Å². The Morgan fingerprint density at radius 3 is 2.63 bits per heavy atom. The van der Waals surface area contributed by atoms with Gasteiger partial charge in [-0.25, -0.2) is 0 Å². The number of nitrogens with zero attached hydrogens (tertiary/aromatic N) is 2. The van der Waals surface area contributed by atoms with Crippen molar-refractivity contribution in [2.24, 2.45) is 23.5 Å². The standard InChI is InChI=1S/C16H27N3/c1-5-15-14(9-12(4)18-19-15)16(17)13-7-6-10(2)11(3)8-13/h9-11,13,16H,5-8,17H2,1-4H3. The summed E-state index contributed by atoms with van der Waals surface area (Å²) >= 11 is 0. The van der Waals surface area contributed by atoms with Crippen LogP contribution in [0.1, 0.15) is 63.0 Å². The zero-order chi connectivity index (χ0) is 14.0. The Kier molecular flexibility index (Phi) is 4.56. The minimum atomic E-state index is 0.124. The van der Waals surface area contributed by atoms with Gasteiger partial charge in [0.25, 0.3) is 0 Å². The Labute approximate surface area is 117 Å². The summed E-state index contributed by atoms with van der Waals surface area (Å²) in [5, 5.41) is 8.48. The molecule has 4 unspecified atom stereocenters. The minimum Gasteiger partial charge on any atom is -0.324 e. The molecular weight excluding hydrogens is 234 g/mol. The summed E-state index contributed by atoms with van der Waals surface area (Å²) in [6.07, 6.45) is 4.71. The molecule has 4 atom stereocenters. The molecule has 2 rings (SSSR count). The zero-order valence-electron chi connectivity index (χ0n) is 12.7. The van der Waals surface area contributed by atoms with Gasteiger partial charge < -0.3 is 5.73 Å². The number of nitrogens with two attached hydrogens (primary N) is 1. The Balaban J connectivity index is 2.19. The van der Waals surface area contributed by atoms with E-state index in [1.165, 1.54) is 24.8 Å². The molecule has 3 nitrogen and oxygen atoms in total. The summed E-state index contributed by atoms with van der Waals surface area (Å²) in [4.78, 5) is 0. The monoisotopic (exact) mass is 261 g/mol. The molecule has 3 heteroatoms. The maximum absolute atomic E-state index is 6.55. The second-order valence-corrected chi connectivity index (χ2v) is 6.29. The quantitative estimate of drug-likeness (QED) is 0.907. The molecular formula is C16H27N3. The lowest BCUT2D eigenvalue weighted by Gasteiger charge is -2.35. The van der Waals surface area contributed by atoms with Crippen LogP contribution in [-0.2, 0) is 6.42 Å². The predicted molar refractivity (Wildman–Crippen MR) is 78.7 cm³/mol. The first-order valence-electron chi connectivity index (χ1n) is 7.61. The van der Waals surface area contributed by atoms with Crippen LogP contribution < -0.4 is 5.73 Å². The molecule has 0 aliphatic heterocycles. The van der Waals surface area contributed by atoms with Crippen molar-refractivity contribution < 1.29 is 0 Å². The van der Waals surface area contributed by atoms with Crippen molar-refractivity contribution in [3.8, 4) is 0 Å². The first kappa shape index (κ1) is 14.4. The van der Waals surface area contributed by atoms with Gasteiger partial charge in [-0.2, -0.15) is 10.2 Å². The summed E-state index contributed by atoms with van der Waals surface area (Å²) in [5.74, 6) is 2.22. The molecule has 1 aliphatic rings. The molecule has 106 valence electrons. The van der Waals surface area contributed by atoms with Crippen molar-refractivity contribution in [1.29, 1.82) is 0 Å². The van der Waals surface area contributed by atoms with Gasteiger partial charge in [-0.15, -0.1) is 0 Å². The minimum absolute atomic E-state index is 0.124. The first-order valence-corrected chi connectivity index (χ1v) is 7.61. The number of hydrogen-bond donors (Lipinski definition) is 1. The maximum Gasteiger partial charge on any atom is 0.0676 e. The van der Waals surface area contributed by atoms with Crippen molar-refractivity contribution in [1.82, 2.24) is 10.2 Å². The Bertz CT molecular complexity index is 430. The van der Waals surface area contributed by atoms with Crippen LogP contribution in [0.4, 0.5) is 0 Å². The average molecular weight is 261 g/mol. The number of aromatic nitrogens is 2. The van der Waals surface area contributed by atoms with Crippen LogP contribution >= 0.6 is 0 Å². The highest BCUT2D eigenvalue weighted by Gasteiger charge is 2.30. The third kappa shape index (κ3) is 3.14. The van der Waals surface area contributed by atoms with Gasteiger partial charge in [-0.1, -0.05) is 27.2 Å². The number of rotatable bonds is 3. The highest BCUT2D eigenvalue weighted by atomic mass is 15.1. The van der Waals surface area contributed by atoms with Gasteiger partial charge in [0, 0.05) is 6.04 Å². The van der Waals surface area contributed by atoms with Crippen molar-refractivity contribution in [3.63, 3.8) is 0 Å². The highest BCUT2D eigenvalue weighted by Crippen LogP contribution is 2.39. The van der Waals surface area contributed by atoms with E-state index in [1.54, 1.807) is 0 Å². The fraction of sp³-hybridized carbons (Fsp3) is 0.750. The highest BCUT2D eigenvalue weighted by molar-refractivity contribution is 5.25. The smallest absolute Gasteiger partial charge is 0.0676 e. The van der Waals surface area contributed by atoms with E-state index in [4.69, 9.17) is 5.73 Å². The van der Waals surface area contributed by atoms with Crippen molar-refractivity contribution >= 4 is 0 Å². The molecule has 1 aromatic rings. The largest absolute Gasteiger partial charge is 0.324 e. The normalized spacial score (nSPS) is 29.2. The van der Waals surface area contributed by atoms with Crippen molar-refractivity contribution in [2.45, 2.75) is 59.4 Å². The van der Waals surface area contributed by atoms with Crippen LogP contribution in [0.2, 0.25) is 0 Å². The molecule has 1 aromatic heterocycles. The molecule has 0 spiro atoms. The van der Waals surface area contributed by atoms with E-state index in [0.29, 0.717) is 5.92 Å². The second kappa shape index (κ2) is 6.00. The molecule has 1 saturated carbocycles. The Morgan fingerprint density at radius 1 is 1.26 bits per heavy atom. The van der Waals surface area contributed by atoms with Crippen molar-refractivity contribution in [3.05, 3.63) is 23.0 Å². The Morgan fingerprint density at radius 2 is 2.00 bits per heavy atom. The summed E-state index contributed by atoms with van der Waals surface area (Å²) in [7, 11) is 0. The molecule has 1 fully saturated rings. The summed E-state index contributed by atoms with van der Waals surface area (Å²) in [6, 6.07) is 2.26. The van der Waals surface area contributed by atoms with Crippen LogP contribution in [0, 0.1) is 24.7 Å². The number of aryl methyl sites for hydroxylation is 2. The molecule has 0 aromatic carbocycles. The number of hydrogen-bond acceptors (Lipinski definition) is 3. The fourth-order valence-electron chi connectivity index (χ4n) is 3.27. The average Bonchev–Trinajstić information content (AvgIpc) is 2.41. The van der Waals surface area contributed by atoms with Crippen molar-refractivity contribution in [2.75, 3.05) is 0 Å². The van der Waals surface area contributed by atoms with Gasteiger partial charge in [-0.3, -0.25) is 0 Å².